The number of rotatable bonds is 7. The average Bonchev–Trinajstić information content (AvgIpc) is 2.28. The van der Waals surface area contributed by atoms with Crippen molar-refractivity contribution < 1.29 is 13.5 Å². The molecule has 0 radical (unpaired) electrons. The van der Waals surface area contributed by atoms with Crippen LogP contribution in [0.5, 0.6) is 0 Å². The second kappa shape index (κ2) is 7.28. The van der Waals surface area contributed by atoms with E-state index in [4.69, 9.17) is 5.11 Å². The second-order valence-corrected chi connectivity index (χ2v) is 7.83. The van der Waals surface area contributed by atoms with Crippen LogP contribution < -0.4 is 4.72 Å². The Morgan fingerprint density at radius 1 is 1.26 bits per heavy atom. The summed E-state index contributed by atoms with van der Waals surface area (Å²) in [7, 11) is -3.48. The Bertz CT molecular complexity index is 500. The van der Waals surface area contributed by atoms with Crippen LogP contribution in [0.2, 0.25) is 0 Å². The number of aliphatic hydroxyl groups excluding tert-OH is 1. The molecule has 0 amide bonds. The lowest BCUT2D eigenvalue weighted by atomic mass is 10.3. The van der Waals surface area contributed by atoms with Crippen molar-refractivity contribution in [2.24, 2.45) is 0 Å². The van der Waals surface area contributed by atoms with Gasteiger partial charge in [-0.25, -0.2) is 13.1 Å². The summed E-state index contributed by atoms with van der Waals surface area (Å²) in [4.78, 5) is 1.02. The van der Waals surface area contributed by atoms with Gasteiger partial charge in [0.2, 0.25) is 10.0 Å². The van der Waals surface area contributed by atoms with Crippen LogP contribution >= 0.6 is 11.8 Å². The molecule has 0 aliphatic carbocycles. The van der Waals surface area contributed by atoms with Gasteiger partial charge in [-0.1, -0.05) is 19.1 Å². The fourth-order valence-corrected chi connectivity index (χ4v) is 4.41. The van der Waals surface area contributed by atoms with Crippen LogP contribution in [0.25, 0.3) is 0 Å². The van der Waals surface area contributed by atoms with Crippen LogP contribution in [0.4, 0.5) is 0 Å². The monoisotopic (exact) mass is 303 g/mol. The van der Waals surface area contributed by atoms with Gasteiger partial charge in [0, 0.05) is 22.8 Å². The topological polar surface area (TPSA) is 66.4 Å². The van der Waals surface area contributed by atoms with E-state index in [1.165, 1.54) is 11.8 Å². The van der Waals surface area contributed by atoms with Crippen molar-refractivity contribution in [3.63, 3.8) is 0 Å². The van der Waals surface area contributed by atoms with Gasteiger partial charge >= 0.3 is 0 Å². The minimum Gasteiger partial charge on any atom is -0.396 e. The Morgan fingerprint density at radius 2 is 1.89 bits per heavy atom. The molecule has 0 spiro atoms. The largest absolute Gasteiger partial charge is 0.396 e. The maximum absolute atomic E-state index is 12.2. The summed E-state index contributed by atoms with van der Waals surface area (Å²) in [6.07, 6.45) is 0.636. The lowest BCUT2D eigenvalue weighted by Crippen LogP contribution is -2.30. The highest BCUT2D eigenvalue weighted by molar-refractivity contribution is 8.00. The summed E-state index contributed by atoms with van der Waals surface area (Å²) in [5.74, 6) is 0. The average molecular weight is 303 g/mol. The maximum atomic E-state index is 12.2. The Kier molecular flexibility index (Phi) is 6.32. The minimum atomic E-state index is -3.48. The van der Waals surface area contributed by atoms with E-state index in [-0.39, 0.29) is 17.9 Å². The van der Waals surface area contributed by atoms with Crippen molar-refractivity contribution in [2.45, 2.75) is 48.3 Å². The van der Waals surface area contributed by atoms with E-state index >= 15 is 0 Å². The third kappa shape index (κ3) is 5.14. The van der Waals surface area contributed by atoms with Crippen molar-refractivity contribution in [1.82, 2.24) is 4.72 Å². The molecule has 0 heterocycles. The summed E-state index contributed by atoms with van der Waals surface area (Å²) in [6.45, 7) is 5.66. The van der Waals surface area contributed by atoms with Gasteiger partial charge in [0.15, 0.2) is 0 Å². The zero-order valence-electron chi connectivity index (χ0n) is 11.5. The van der Waals surface area contributed by atoms with E-state index in [0.717, 1.165) is 4.90 Å². The molecule has 4 nitrogen and oxygen atoms in total. The lowest BCUT2D eigenvalue weighted by molar-refractivity contribution is 0.289. The van der Waals surface area contributed by atoms with E-state index in [1.54, 1.807) is 32.0 Å². The number of thioether (sulfide) groups is 1. The molecule has 0 bridgehead atoms. The van der Waals surface area contributed by atoms with Crippen LogP contribution in [0.15, 0.2) is 34.1 Å². The molecule has 1 aromatic rings. The molecule has 0 aliphatic heterocycles. The molecule has 19 heavy (non-hydrogen) atoms. The van der Waals surface area contributed by atoms with Gasteiger partial charge in [-0.2, -0.15) is 0 Å². The van der Waals surface area contributed by atoms with Crippen LogP contribution in [0, 0.1) is 0 Å². The molecule has 1 atom stereocenters. The predicted octanol–water partition coefficient (Wildman–Crippen LogP) is 2.24. The SMILES string of the molecule is CC(C)NS(=O)(=O)c1ccccc1SC(C)CCO. The Morgan fingerprint density at radius 3 is 2.47 bits per heavy atom. The van der Waals surface area contributed by atoms with Gasteiger partial charge in [0.25, 0.3) is 0 Å². The summed E-state index contributed by atoms with van der Waals surface area (Å²) in [5, 5.41) is 9.09. The molecule has 108 valence electrons. The first-order valence-corrected chi connectivity index (χ1v) is 8.62. The minimum absolute atomic E-state index is 0.104. The fourth-order valence-electron chi connectivity index (χ4n) is 1.60. The summed E-state index contributed by atoms with van der Waals surface area (Å²) < 4.78 is 27.0. The molecular weight excluding hydrogens is 282 g/mol. The molecule has 0 saturated carbocycles. The van der Waals surface area contributed by atoms with Crippen molar-refractivity contribution >= 4 is 21.8 Å². The second-order valence-electron chi connectivity index (χ2n) is 4.66. The lowest BCUT2D eigenvalue weighted by Gasteiger charge is -2.15. The molecule has 0 saturated heterocycles. The normalized spacial score (nSPS) is 13.7. The highest BCUT2D eigenvalue weighted by Gasteiger charge is 2.20. The number of hydrogen-bond acceptors (Lipinski definition) is 4. The van der Waals surface area contributed by atoms with Gasteiger partial charge in [0.1, 0.15) is 0 Å². The fraction of sp³-hybridized carbons (Fsp3) is 0.538. The summed E-state index contributed by atoms with van der Waals surface area (Å²) in [5.41, 5.74) is 0. The van der Waals surface area contributed by atoms with Crippen LogP contribution in [-0.2, 0) is 10.0 Å². The van der Waals surface area contributed by atoms with E-state index < -0.39 is 10.0 Å². The molecular formula is C13H21NO3S2. The van der Waals surface area contributed by atoms with E-state index in [0.29, 0.717) is 11.3 Å². The number of nitrogens with one attached hydrogen (secondary N) is 1. The first-order chi connectivity index (χ1) is 8.86. The van der Waals surface area contributed by atoms with Crippen LogP contribution in [0.3, 0.4) is 0 Å². The molecule has 6 heteroatoms. The van der Waals surface area contributed by atoms with Crippen molar-refractivity contribution in [3.8, 4) is 0 Å². The van der Waals surface area contributed by atoms with Gasteiger partial charge < -0.3 is 5.11 Å². The summed E-state index contributed by atoms with van der Waals surface area (Å²) >= 11 is 1.47. The number of aliphatic hydroxyl groups is 1. The third-order valence-corrected chi connectivity index (χ3v) is 5.49. The predicted molar refractivity (Wildman–Crippen MR) is 78.9 cm³/mol. The first kappa shape index (κ1) is 16.5. The first-order valence-electron chi connectivity index (χ1n) is 6.25. The van der Waals surface area contributed by atoms with Crippen molar-refractivity contribution in [2.75, 3.05) is 6.61 Å². The highest BCUT2D eigenvalue weighted by Crippen LogP contribution is 2.30. The van der Waals surface area contributed by atoms with Crippen molar-refractivity contribution in [1.29, 1.82) is 0 Å². The molecule has 1 rings (SSSR count). The van der Waals surface area contributed by atoms with Gasteiger partial charge in [-0.3, -0.25) is 0 Å². The smallest absolute Gasteiger partial charge is 0.241 e. The van der Waals surface area contributed by atoms with Gasteiger partial charge in [-0.05, 0) is 32.4 Å². The Labute approximate surface area is 119 Å². The molecule has 0 aromatic heterocycles. The van der Waals surface area contributed by atoms with Crippen molar-refractivity contribution in [3.05, 3.63) is 24.3 Å². The van der Waals surface area contributed by atoms with Gasteiger partial charge in [0.05, 0.1) is 4.90 Å². The molecule has 2 N–H and O–H groups in total. The van der Waals surface area contributed by atoms with Crippen LogP contribution in [-0.4, -0.2) is 31.4 Å². The number of hydrogen-bond donors (Lipinski definition) is 2. The van der Waals surface area contributed by atoms with Gasteiger partial charge in [-0.15, -0.1) is 11.8 Å². The zero-order chi connectivity index (χ0) is 14.5. The highest BCUT2D eigenvalue weighted by atomic mass is 32.2. The van der Waals surface area contributed by atoms with Crippen LogP contribution in [0.1, 0.15) is 27.2 Å². The molecule has 1 unspecified atom stereocenters. The van der Waals surface area contributed by atoms with E-state index in [2.05, 4.69) is 4.72 Å². The Balaban J connectivity index is 3.02. The third-order valence-electron chi connectivity index (χ3n) is 2.39. The standard InChI is InChI=1S/C13H21NO3S2/c1-10(2)14-19(16,17)13-7-5-4-6-12(13)18-11(3)8-9-15/h4-7,10-11,14-15H,8-9H2,1-3H3. The molecule has 0 fully saturated rings. The summed E-state index contributed by atoms with van der Waals surface area (Å²) in [6, 6.07) is 6.81. The molecule has 1 aromatic carbocycles. The molecule has 0 aliphatic rings. The number of sulfonamides is 1. The Hall–Kier alpha value is -0.560. The van der Waals surface area contributed by atoms with E-state index in [1.807, 2.05) is 13.0 Å². The quantitative estimate of drug-likeness (QED) is 0.758. The number of benzene rings is 1. The zero-order valence-corrected chi connectivity index (χ0v) is 13.1. The maximum Gasteiger partial charge on any atom is 0.241 e. The van der Waals surface area contributed by atoms with E-state index in [9.17, 15) is 8.42 Å².